The molecular formula is C13H20N2O2S. The van der Waals surface area contributed by atoms with E-state index in [4.69, 9.17) is 5.73 Å². The third kappa shape index (κ3) is 3.41. The molecule has 5 heteroatoms. The van der Waals surface area contributed by atoms with E-state index < -0.39 is 10.0 Å². The fraction of sp³-hybridized carbons (Fsp3) is 0.385. The molecule has 0 saturated carbocycles. The Hall–Kier alpha value is -1.17. The normalized spacial score (nSPS) is 11.7. The maximum absolute atomic E-state index is 12.4. The first kappa shape index (κ1) is 14.9. The maximum atomic E-state index is 12.4. The molecule has 0 aliphatic carbocycles. The molecule has 1 aromatic carbocycles. The molecule has 2 N–H and O–H groups in total. The third-order valence-corrected chi connectivity index (χ3v) is 4.44. The predicted octanol–water partition coefficient (Wildman–Crippen LogP) is 1.73. The monoisotopic (exact) mass is 268 g/mol. The van der Waals surface area contributed by atoms with Gasteiger partial charge in [-0.3, -0.25) is 0 Å². The molecule has 0 bridgehead atoms. The number of hydrogen-bond acceptors (Lipinski definition) is 3. The summed E-state index contributed by atoms with van der Waals surface area (Å²) in [6.07, 6.45) is 2.36. The lowest BCUT2D eigenvalue weighted by Gasteiger charge is -2.20. The van der Waals surface area contributed by atoms with Crippen LogP contribution in [-0.2, 0) is 16.6 Å². The molecule has 1 rings (SSSR count). The van der Waals surface area contributed by atoms with Crippen molar-refractivity contribution in [1.29, 1.82) is 0 Å². The molecule has 100 valence electrons. The minimum Gasteiger partial charge on any atom is -0.326 e. The quantitative estimate of drug-likeness (QED) is 0.766. The van der Waals surface area contributed by atoms with Crippen molar-refractivity contribution in [1.82, 2.24) is 4.31 Å². The standard InChI is InChI=1S/C13H20N2O2S/c1-3-8-15(9-4-2)18(16,17)13-7-5-6-12(10-13)11-14/h3,5-7,10H,1,4,8-9,11,14H2,2H3. The van der Waals surface area contributed by atoms with Gasteiger partial charge in [-0.2, -0.15) is 4.31 Å². The van der Waals surface area contributed by atoms with E-state index in [-0.39, 0.29) is 0 Å². The van der Waals surface area contributed by atoms with Crippen LogP contribution in [0.5, 0.6) is 0 Å². The number of rotatable bonds is 7. The maximum Gasteiger partial charge on any atom is 0.243 e. The Labute approximate surface area is 109 Å². The van der Waals surface area contributed by atoms with Gasteiger partial charge in [0.15, 0.2) is 0 Å². The highest BCUT2D eigenvalue weighted by molar-refractivity contribution is 7.89. The van der Waals surface area contributed by atoms with Crippen molar-refractivity contribution in [2.45, 2.75) is 24.8 Å². The molecular weight excluding hydrogens is 248 g/mol. The first-order valence-electron chi connectivity index (χ1n) is 5.96. The van der Waals surface area contributed by atoms with E-state index in [1.54, 1.807) is 24.3 Å². The first-order valence-corrected chi connectivity index (χ1v) is 7.40. The van der Waals surface area contributed by atoms with Gasteiger partial charge in [-0.25, -0.2) is 8.42 Å². The smallest absolute Gasteiger partial charge is 0.243 e. The van der Waals surface area contributed by atoms with E-state index >= 15 is 0 Å². The lowest BCUT2D eigenvalue weighted by Crippen LogP contribution is -2.32. The van der Waals surface area contributed by atoms with E-state index in [1.807, 2.05) is 13.0 Å². The van der Waals surface area contributed by atoms with E-state index in [0.29, 0.717) is 24.5 Å². The van der Waals surface area contributed by atoms with Gasteiger partial charge in [-0.15, -0.1) is 6.58 Å². The van der Waals surface area contributed by atoms with Crippen molar-refractivity contribution >= 4 is 10.0 Å². The van der Waals surface area contributed by atoms with Gasteiger partial charge in [-0.1, -0.05) is 25.1 Å². The first-order chi connectivity index (χ1) is 8.56. The van der Waals surface area contributed by atoms with Crippen molar-refractivity contribution < 1.29 is 8.42 Å². The highest BCUT2D eigenvalue weighted by Crippen LogP contribution is 2.17. The molecule has 1 aromatic rings. The van der Waals surface area contributed by atoms with Crippen molar-refractivity contribution in [3.05, 3.63) is 42.5 Å². The van der Waals surface area contributed by atoms with Gasteiger partial charge in [0.05, 0.1) is 4.90 Å². The number of benzene rings is 1. The lowest BCUT2D eigenvalue weighted by atomic mass is 10.2. The molecule has 0 aromatic heterocycles. The van der Waals surface area contributed by atoms with E-state index in [1.165, 1.54) is 4.31 Å². The van der Waals surface area contributed by atoms with Gasteiger partial charge in [0.2, 0.25) is 10.0 Å². The van der Waals surface area contributed by atoms with Crippen molar-refractivity contribution in [3.63, 3.8) is 0 Å². The van der Waals surface area contributed by atoms with Crippen LogP contribution in [0.15, 0.2) is 41.8 Å². The summed E-state index contributed by atoms with van der Waals surface area (Å²) in [4.78, 5) is 0.292. The van der Waals surface area contributed by atoms with Crippen LogP contribution in [0, 0.1) is 0 Å². The molecule has 0 amide bonds. The molecule has 0 saturated heterocycles. The summed E-state index contributed by atoms with van der Waals surface area (Å²) in [6.45, 7) is 6.69. The van der Waals surface area contributed by atoms with E-state index in [9.17, 15) is 8.42 Å². The van der Waals surface area contributed by atoms with Gasteiger partial charge in [-0.05, 0) is 24.1 Å². The number of nitrogens with zero attached hydrogens (tertiary/aromatic N) is 1. The fourth-order valence-electron chi connectivity index (χ4n) is 1.68. The second-order valence-corrected chi connectivity index (χ2v) is 5.94. The fourth-order valence-corrected chi connectivity index (χ4v) is 3.26. The van der Waals surface area contributed by atoms with Gasteiger partial charge < -0.3 is 5.73 Å². The van der Waals surface area contributed by atoms with Crippen LogP contribution in [0.3, 0.4) is 0 Å². The Morgan fingerprint density at radius 1 is 1.44 bits per heavy atom. The summed E-state index contributed by atoms with van der Waals surface area (Å²) in [5, 5.41) is 0. The molecule has 0 radical (unpaired) electrons. The molecule has 0 fully saturated rings. The second kappa shape index (κ2) is 6.68. The summed E-state index contributed by atoms with van der Waals surface area (Å²) in [7, 11) is -3.45. The zero-order valence-electron chi connectivity index (χ0n) is 10.7. The van der Waals surface area contributed by atoms with Crippen LogP contribution in [-0.4, -0.2) is 25.8 Å². The van der Waals surface area contributed by atoms with E-state index in [0.717, 1.165) is 12.0 Å². The average Bonchev–Trinajstić information content (AvgIpc) is 2.38. The van der Waals surface area contributed by atoms with Crippen LogP contribution >= 0.6 is 0 Å². The van der Waals surface area contributed by atoms with E-state index in [2.05, 4.69) is 6.58 Å². The van der Waals surface area contributed by atoms with Gasteiger partial charge >= 0.3 is 0 Å². The molecule has 4 nitrogen and oxygen atoms in total. The Kier molecular flexibility index (Phi) is 5.53. The number of sulfonamides is 1. The van der Waals surface area contributed by atoms with Crippen LogP contribution in [0.4, 0.5) is 0 Å². The summed E-state index contributed by atoms with van der Waals surface area (Å²) in [5.41, 5.74) is 6.34. The number of nitrogens with two attached hydrogens (primary N) is 1. The average molecular weight is 268 g/mol. The van der Waals surface area contributed by atoms with Gasteiger partial charge in [0, 0.05) is 19.6 Å². The molecule has 0 spiro atoms. The number of hydrogen-bond donors (Lipinski definition) is 1. The van der Waals surface area contributed by atoms with Crippen molar-refractivity contribution in [2.75, 3.05) is 13.1 Å². The van der Waals surface area contributed by atoms with Crippen molar-refractivity contribution in [2.24, 2.45) is 5.73 Å². The molecule has 18 heavy (non-hydrogen) atoms. The Morgan fingerprint density at radius 3 is 2.72 bits per heavy atom. The Bertz CT molecular complexity index is 497. The predicted molar refractivity (Wildman–Crippen MR) is 73.6 cm³/mol. The highest BCUT2D eigenvalue weighted by Gasteiger charge is 2.22. The SMILES string of the molecule is C=CCN(CCC)S(=O)(=O)c1cccc(CN)c1. The topological polar surface area (TPSA) is 63.4 Å². The summed E-state index contributed by atoms with van der Waals surface area (Å²) < 4.78 is 26.3. The molecule has 0 atom stereocenters. The van der Waals surface area contributed by atoms with Crippen LogP contribution < -0.4 is 5.73 Å². The summed E-state index contributed by atoms with van der Waals surface area (Å²) in [5.74, 6) is 0. The lowest BCUT2D eigenvalue weighted by molar-refractivity contribution is 0.441. The Morgan fingerprint density at radius 2 is 2.17 bits per heavy atom. The van der Waals surface area contributed by atoms with Crippen LogP contribution in [0.2, 0.25) is 0 Å². The molecule has 0 unspecified atom stereocenters. The van der Waals surface area contributed by atoms with Crippen LogP contribution in [0.25, 0.3) is 0 Å². The van der Waals surface area contributed by atoms with Gasteiger partial charge in [0.1, 0.15) is 0 Å². The molecule has 0 heterocycles. The summed E-state index contributed by atoms with van der Waals surface area (Å²) >= 11 is 0. The highest BCUT2D eigenvalue weighted by atomic mass is 32.2. The zero-order valence-corrected chi connectivity index (χ0v) is 11.5. The molecule has 0 aliphatic heterocycles. The third-order valence-electron chi connectivity index (χ3n) is 2.58. The molecule has 0 aliphatic rings. The van der Waals surface area contributed by atoms with Crippen molar-refractivity contribution in [3.8, 4) is 0 Å². The van der Waals surface area contributed by atoms with Gasteiger partial charge in [0.25, 0.3) is 0 Å². The largest absolute Gasteiger partial charge is 0.326 e. The minimum atomic E-state index is -3.45. The summed E-state index contributed by atoms with van der Waals surface area (Å²) in [6, 6.07) is 6.76. The second-order valence-electron chi connectivity index (χ2n) is 4.00. The van der Waals surface area contributed by atoms with Crippen LogP contribution in [0.1, 0.15) is 18.9 Å². The Balaban J connectivity index is 3.12. The zero-order chi connectivity index (χ0) is 13.6. The minimum absolute atomic E-state index is 0.292.